The van der Waals surface area contributed by atoms with Crippen LogP contribution in [0.2, 0.25) is 0 Å². The van der Waals surface area contributed by atoms with Crippen LogP contribution in [0.4, 0.5) is 0 Å². The molecule has 0 bridgehead atoms. The van der Waals surface area contributed by atoms with E-state index in [4.69, 9.17) is 4.74 Å². The molecule has 0 radical (unpaired) electrons. The van der Waals surface area contributed by atoms with Crippen LogP contribution in [0.1, 0.15) is 0 Å². The molecule has 2 fully saturated rings. The molecule has 0 atom stereocenters. The summed E-state index contributed by atoms with van der Waals surface area (Å²) < 4.78 is 5.34. The molecule has 2 aliphatic heterocycles. The van der Waals surface area contributed by atoms with E-state index in [0.717, 1.165) is 65.6 Å². The molecule has 0 N–H and O–H groups in total. The molecule has 0 aromatic heterocycles. The van der Waals surface area contributed by atoms with Crippen molar-refractivity contribution in [2.24, 2.45) is 0 Å². The van der Waals surface area contributed by atoms with Crippen LogP contribution in [0.25, 0.3) is 0 Å². The topological polar surface area (TPSA) is 36.0 Å². The fourth-order valence-corrected chi connectivity index (χ4v) is 2.77. The monoisotopic (exact) mass is 319 g/mol. The number of alkyl halides is 1. The van der Waals surface area contributed by atoms with Gasteiger partial charge in [-0.2, -0.15) is 0 Å². The number of ether oxygens (including phenoxy) is 1. The smallest absolute Gasteiger partial charge is 0.233 e. The summed E-state index contributed by atoms with van der Waals surface area (Å²) >= 11 is 3.22. The minimum atomic E-state index is 0.211. The summed E-state index contributed by atoms with van der Waals surface area (Å²) in [7, 11) is 0. The van der Waals surface area contributed by atoms with Gasteiger partial charge in [-0.05, 0) is 0 Å². The van der Waals surface area contributed by atoms with Crippen molar-refractivity contribution in [3.05, 3.63) is 0 Å². The van der Waals surface area contributed by atoms with Crippen molar-refractivity contribution >= 4 is 21.8 Å². The lowest BCUT2D eigenvalue weighted by molar-refractivity contribution is -0.130. The number of nitrogens with zero attached hydrogens (tertiary/aromatic N) is 3. The number of piperazine rings is 1. The summed E-state index contributed by atoms with van der Waals surface area (Å²) in [5, 5.41) is 0.445. The molecule has 0 aliphatic carbocycles. The third kappa shape index (κ3) is 4.19. The van der Waals surface area contributed by atoms with Crippen LogP contribution < -0.4 is 0 Å². The number of carbonyl (C=O) groups excluding carboxylic acids is 1. The van der Waals surface area contributed by atoms with Gasteiger partial charge in [-0.25, -0.2) is 0 Å². The summed E-state index contributed by atoms with van der Waals surface area (Å²) in [5.74, 6) is 0.211. The molecule has 5 nitrogen and oxygen atoms in total. The lowest BCUT2D eigenvalue weighted by atomic mass is 10.3. The molecule has 18 heavy (non-hydrogen) atoms. The highest BCUT2D eigenvalue weighted by Crippen LogP contribution is 2.04. The predicted octanol–water partition coefficient (Wildman–Crippen LogP) is -0.142. The zero-order valence-corrected chi connectivity index (χ0v) is 12.4. The average Bonchev–Trinajstić information content (AvgIpc) is 2.46. The van der Waals surface area contributed by atoms with E-state index in [2.05, 4.69) is 25.7 Å². The first-order chi connectivity index (χ1) is 8.79. The van der Waals surface area contributed by atoms with Gasteiger partial charge in [-0.15, -0.1) is 0 Å². The third-order valence-electron chi connectivity index (χ3n) is 3.68. The van der Waals surface area contributed by atoms with E-state index < -0.39 is 0 Å². The molecule has 2 aliphatic rings. The van der Waals surface area contributed by atoms with Gasteiger partial charge < -0.3 is 9.64 Å². The van der Waals surface area contributed by atoms with Crippen LogP contribution in [0.15, 0.2) is 0 Å². The molecule has 1 amide bonds. The Labute approximate surface area is 117 Å². The van der Waals surface area contributed by atoms with Crippen LogP contribution in [0.5, 0.6) is 0 Å². The van der Waals surface area contributed by atoms with Gasteiger partial charge in [0, 0.05) is 52.4 Å². The highest BCUT2D eigenvalue weighted by Gasteiger charge is 2.20. The Kier molecular flexibility index (Phi) is 5.88. The highest BCUT2D eigenvalue weighted by molar-refractivity contribution is 9.09. The van der Waals surface area contributed by atoms with E-state index in [9.17, 15) is 4.79 Å². The first-order valence-corrected chi connectivity index (χ1v) is 7.78. The van der Waals surface area contributed by atoms with Crippen molar-refractivity contribution < 1.29 is 9.53 Å². The molecule has 104 valence electrons. The second-order valence-corrected chi connectivity index (χ2v) is 5.37. The van der Waals surface area contributed by atoms with Crippen LogP contribution >= 0.6 is 15.9 Å². The van der Waals surface area contributed by atoms with Crippen molar-refractivity contribution in [1.29, 1.82) is 0 Å². The predicted molar refractivity (Wildman–Crippen MR) is 74.1 cm³/mol. The molecule has 6 heteroatoms. The Balaban J connectivity index is 1.62. The first-order valence-electron chi connectivity index (χ1n) is 6.66. The van der Waals surface area contributed by atoms with E-state index in [-0.39, 0.29) is 5.91 Å². The van der Waals surface area contributed by atoms with Crippen LogP contribution in [0, 0.1) is 0 Å². The molecule has 2 rings (SSSR count). The number of hydrogen-bond acceptors (Lipinski definition) is 4. The van der Waals surface area contributed by atoms with Crippen molar-refractivity contribution in [2.75, 3.05) is 70.9 Å². The van der Waals surface area contributed by atoms with Gasteiger partial charge in [0.15, 0.2) is 0 Å². The normalized spacial score (nSPS) is 23.3. The van der Waals surface area contributed by atoms with Crippen LogP contribution in [0.3, 0.4) is 0 Å². The van der Waals surface area contributed by atoms with Gasteiger partial charge in [0.05, 0.1) is 18.5 Å². The second kappa shape index (κ2) is 7.43. The number of halogens is 1. The quantitative estimate of drug-likeness (QED) is 0.676. The number of hydrogen-bond donors (Lipinski definition) is 0. The van der Waals surface area contributed by atoms with E-state index in [1.807, 2.05) is 4.90 Å². The molecule has 2 saturated heterocycles. The Bertz CT molecular complexity index is 264. The van der Waals surface area contributed by atoms with Crippen molar-refractivity contribution in [2.45, 2.75) is 0 Å². The molecular formula is C12H22BrN3O2. The van der Waals surface area contributed by atoms with Gasteiger partial charge in [0.25, 0.3) is 0 Å². The van der Waals surface area contributed by atoms with E-state index in [1.54, 1.807) is 0 Å². The van der Waals surface area contributed by atoms with Crippen molar-refractivity contribution in [3.8, 4) is 0 Å². The molecule has 2 heterocycles. The Morgan fingerprint density at radius 2 is 1.50 bits per heavy atom. The summed E-state index contributed by atoms with van der Waals surface area (Å²) in [6.07, 6.45) is 0. The standard InChI is InChI=1S/C12H22BrN3O2/c13-11-12(17)16-5-3-14(4-6-16)1-2-15-7-9-18-10-8-15/h1-11H2. The Morgan fingerprint density at radius 1 is 0.944 bits per heavy atom. The SMILES string of the molecule is O=C(CBr)N1CCN(CCN2CCOCC2)CC1. The number of carbonyl (C=O) groups is 1. The summed E-state index contributed by atoms with van der Waals surface area (Å²) in [5.41, 5.74) is 0. The molecule has 0 unspecified atom stereocenters. The minimum absolute atomic E-state index is 0.211. The van der Waals surface area contributed by atoms with Crippen molar-refractivity contribution in [1.82, 2.24) is 14.7 Å². The maximum absolute atomic E-state index is 11.5. The van der Waals surface area contributed by atoms with Crippen LogP contribution in [-0.4, -0.2) is 91.5 Å². The van der Waals surface area contributed by atoms with E-state index >= 15 is 0 Å². The van der Waals surface area contributed by atoms with Crippen molar-refractivity contribution in [3.63, 3.8) is 0 Å². The lowest BCUT2D eigenvalue weighted by Crippen LogP contribution is -2.51. The maximum atomic E-state index is 11.5. The maximum Gasteiger partial charge on any atom is 0.233 e. The average molecular weight is 320 g/mol. The van der Waals surface area contributed by atoms with Crippen LogP contribution in [-0.2, 0) is 9.53 Å². The van der Waals surface area contributed by atoms with Gasteiger partial charge in [-0.1, -0.05) is 15.9 Å². The molecule has 0 spiro atoms. The highest BCUT2D eigenvalue weighted by atomic mass is 79.9. The number of morpholine rings is 1. The van der Waals surface area contributed by atoms with Gasteiger partial charge in [0.1, 0.15) is 0 Å². The summed E-state index contributed by atoms with van der Waals surface area (Å²) in [6.45, 7) is 9.82. The summed E-state index contributed by atoms with van der Waals surface area (Å²) in [4.78, 5) is 18.4. The zero-order valence-electron chi connectivity index (χ0n) is 10.8. The van der Waals surface area contributed by atoms with E-state index in [0.29, 0.717) is 5.33 Å². The fourth-order valence-electron chi connectivity index (χ4n) is 2.41. The lowest BCUT2D eigenvalue weighted by Gasteiger charge is -2.36. The zero-order chi connectivity index (χ0) is 12.8. The number of rotatable bonds is 4. The summed E-state index contributed by atoms with van der Waals surface area (Å²) in [6, 6.07) is 0. The minimum Gasteiger partial charge on any atom is -0.379 e. The van der Waals surface area contributed by atoms with Gasteiger partial charge in [-0.3, -0.25) is 14.6 Å². The Hall–Kier alpha value is -0.170. The molecular weight excluding hydrogens is 298 g/mol. The molecule has 0 aromatic carbocycles. The first kappa shape index (κ1) is 14.2. The molecule has 0 aromatic rings. The fraction of sp³-hybridized carbons (Fsp3) is 0.917. The molecule has 0 saturated carbocycles. The third-order valence-corrected chi connectivity index (χ3v) is 4.16. The number of amides is 1. The van der Waals surface area contributed by atoms with Gasteiger partial charge >= 0.3 is 0 Å². The second-order valence-electron chi connectivity index (χ2n) is 4.81. The largest absolute Gasteiger partial charge is 0.379 e. The van der Waals surface area contributed by atoms with E-state index in [1.165, 1.54) is 0 Å². The van der Waals surface area contributed by atoms with Gasteiger partial charge in [0.2, 0.25) is 5.91 Å². The Morgan fingerprint density at radius 3 is 2.06 bits per heavy atom.